The Bertz CT molecular complexity index is 1020. The van der Waals surface area contributed by atoms with E-state index >= 15 is 0 Å². The van der Waals surface area contributed by atoms with Crippen LogP contribution in [0.4, 0.5) is 5.69 Å². The summed E-state index contributed by atoms with van der Waals surface area (Å²) in [6, 6.07) is 1.91. The summed E-state index contributed by atoms with van der Waals surface area (Å²) in [7, 11) is 3.18. The van der Waals surface area contributed by atoms with Crippen molar-refractivity contribution in [2.24, 2.45) is 0 Å². The molecule has 0 radical (unpaired) electrons. The fourth-order valence-electron chi connectivity index (χ4n) is 3.25. The fourth-order valence-corrected chi connectivity index (χ4v) is 3.25. The van der Waals surface area contributed by atoms with E-state index in [0.717, 1.165) is 34.8 Å². The number of carbonyl (C=O) groups excluding carboxylic acids is 1. The summed E-state index contributed by atoms with van der Waals surface area (Å²) < 4.78 is 12.4. The summed E-state index contributed by atoms with van der Waals surface area (Å²) in [5.74, 6) is 1.19. The maximum absolute atomic E-state index is 13.0. The van der Waals surface area contributed by atoms with Gasteiger partial charge in [-0.05, 0) is 44.6 Å². The first-order valence-corrected chi connectivity index (χ1v) is 9.40. The summed E-state index contributed by atoms with van der Waals surface area (Å²) in [6.07, 6.45) is 7.21. The van der Waals surface area contributed by atoms with E-state index in [1.165, 1.54) is 0 Å². The van der Waals surface area contributed by atoms with Gasteiger partial charge in [0, 0.05) is 18.3 Å². The van der Waals surface area contributed by atoms with Gasteiger partial charge in [-0.25, -0.2) is 4.98 Å². The highest BCUT2D eigenvalue weighted by Gasteiger charge is 2.32. The first kappa shape index (κ1) is 20.4. The highest BCUT2D eigenvalue weighted by molar-refractivity contribution is 6.10. The van der Waals surface area contributed by atoms with Crippen molar-refractivity contribution in [3.05, 3.63) is 71.2 Å². The van der Waals surface area contributed by atoms with Crippen LogP contribution in [0.25, 0.3) is 5.57 Å². The molecule has 0 aromatic carbocycles. The molecule has 1 aliphatic heterocycles. The summed E-state index contributed by atoms with van der Waals surface area (Å²) in [6.45, 7) is 10.8. The molecule has 0 N–H and O–H groups in total. The molecule has 2 aromatic rings. The molecule has 152 valence electrons. The topological polar surface area (TPSA) is 69.5 Å². The number of hydrogen-bond acceptors (Lipinski definition) is 5. The quantitative estimate of drug-likeness (QED) is 0.527. The third kappa shape index (κ3) is 3.94. The molecule has 7 heteroatoms. The molecule has 3 heterocycles. The van der Waals surface area contributed by atoms with Gasteiger partial charge in [-0.3, -0.25) is 14.4 Å². The van der Waals surface area contributed by atoms with Crippen LogP contribution in [-0.4, -0.2) is 34.9 Å². The maximum Gasteiger partial charge on any atom is 0.260 e. The van der Waals surface area contributed by atoms with Crippen molar-refractivity contribution in [2.75, 3.05) is 19.1 Å². The molecule has 0 saturated carbocycles. The van der Waals surface area contributed by atoms with Crippen LogP contribution in [0.3, 0.4) is 0 Å². The number of amides is 1. The summed E-state index contributed by atoms with van der Waals surface area (Å²) in [5, 5.41) is 4.28. The number of aromatic nitrogens is 3. The van der Waals surface area contributed by atoms with E-state index in [2.05, 4.69) is 11.7 Å². The number of methoxy groups -OCH3 is 2. The molecule has 0 saturated heterocycles. The van der Waals surface area contributed by atoms with E-state index < -0.39 is 0 Å². The van der Waals surface area contributed by atoms with Crippen LogP contribution in [0.5, 0.6) is 0 Å². The van der Waals surface area contributed by atoms with Crippen molar-refractivity contribution in [3.63, 3.8) is 0 Å². The molecule has 7 nitrogen and oxygen atoms in total. The Kier molecular flexibility index (Phi) is 5.87. The average Bonchev–Trinajstić information content (AvgIpc) is 3.32. The lowest BCUT2D eigenvalue weighted by atomic mass is 10.0. The molecule has 2 aromatic heterocycles. The van der Waals surface area contributed by atoms with Gasteiger partial charge < -0.3 is 9.47 Å². The van der Waals surface area contributed by atoms with Gasteiger partial charge in [0.1, 0.15) is 11.5 Å². The maximum atomic E-state index is 13.0. The predicted molar refractivity (Wildman–Crippen MR) is 112 cm³/mol. The van der Waals surface area contributed by atoms with Crippen LogP contribution in [-0.2, 0) is 22.6 Å². The third-order valence-electron chi connectivity index (χ3n) is 4.97. The molecule has 1 aliphatic rings. The number of hydrogen-bond donors (Lipinski definition) is 0. The van der Waals surface area contributed by atoms with Gasteiger partial charge >= 0.3 is 0 Å². The predicted octanol–water partition coefficient (Wildman–Crippen LogP) is 3.86. The Hall–Kier alpha value is -3.35. The van der Waals surface area contributed by atoms with Gasteiger partial charge in [0.05, 0.1) is 49.6 Å². The Morgan fingerprint density at radius 3 is 2.69 bits per heavy atom. The Morgan fingerprint density at radius 1 is 1.31 bits per heavy atom. The monoisotopic (exact) mass is 394 g/mol. The van der Waals surface area contributed by atoms with Crippen molar-refractivity contribution in [1.82, 2.24) is 14.8 Å². The van der Waals surface area contributed by atoms with Crippen molar-refractivity contribution in [1.29, 1.82) is 0 Å². The van der Waals surface area contributed by atoms with Crippen LogP contribution in [0, 0.1) is 6.92 Å². The first-order chi connectivity index (χ1) is 13.9. The van der Waals surface area contributed by atoms with Crippen LogP contribution >= 0.6 is 0 Å². The second kappa shape index (κ2) is 8.34. The van der Waals surface area contributed by atoms with Crippen LogP contribution in [0.2, 0.25) is 0 Å². The second-order valence-electron chi connectivity index (χ2n) is 6.77. The highest BCUT2D eigenvalue weighted by atomic mass is 16.5. The van der Waals surface area contributed by atoms with E-state index in [1.54, 1.807) is 36.1 Å². The number of ether oxygens (including phenoxy) is 2. The smallest absolute Gasteiger partial charge is 0.260 e. The third-order valence-corrected chi connectivity index (χ3v) is 4.97. The standard InChI is InChI=1S/C22H26N4O3/c1-7-25-12-17(11-23-25)26-13-20-21(22(26)27)14(2)10-19(24-20)18(16(4)29-6)9-8-15(3)28-5/h8-12H,3,7,13H2,1-2,4-6H3/b9-8-,18-16-. The zero-order chi connectivity index (χ0) is 21.1. The second-order valence-corrected chi connectivity index (χ2v) is 6.77. The number of nitrogens with zero attached hydrogens (tertiary/aromatic N) is 4. The van der Waals surface area contributed by atoms with Crippen LogP contribution in [0.15, 0.2) is 48.7 Å². The highest BCUT2D eigenvalue weighted by Crippen LogP contribution is 2.31. The van der Waals surface area contributed by atoms with Gasteiger partial charge in [-0.1, -0.05) is 6.58 Å². The lowest BCUT2D eigenvalue weighted by Crippen LogP contribution is -2.22. The van der Waals surface area contributed by atoms with Gasteiger partial charge in [0.15, 0.2) is 0 Å². The number of carbonyl (C=O) groups is 1. The Balaban J connectivity index is 2.01. The SMILES string of the molecule is C=C(/C=C\C(=C(/C)OC)c1cc(C)c2c(n1)CN(c1cnn(CC)c1)C2=O)OC. The van der Waals surface area contributed by atoms with Crippen LogP contribution in [0.1, 0.15) is 41.2 Å². The fraction of sp³-hybridized carbons (Fsp3) is 0.318. The molecule has 0 atom stereocenters. The minimum absolute atomic E-state index is 0.0514. The van der Waals surface area contributed by atoms with Gasteiger partial charge in [0.25, 0.3) is 5.91 Å². The minimum atomic E-state index is -0.0514. The number of anilines is 1. The number of aryl methyl sites for hydroxylation is 2. The summed E-state index contributed by atoms with van der Waals surface area (Å²) in [4.78, 5) is 19.5. The molecule has 0 bridgehead atoms. The van der Waals surface area contributed by atoms with Crippen molar-refractivity contribution in [3.8, 4) is 0 Å². The summed E-state index contributed by atoms with van der Waals surface area (Å²) in [5.41, 5.74) is 4.59. The minimum Gasteiger partial charge on any atom is -0.501 e. The first-order valence-electron chi connectivity index (χ1n) is 9.40. The van der Waals surface area contributed by atoms with Gasteiger partial charge in [0.2, 0.25) is 0 Å². The number of rotatable bonds is 7. The molecule has 0 spiro atoms. The van der Waals surface area contributed by atoms with Gasteiger partial charge in [-0.15, -0.1) is 0 Å². The zero-order valence-electron chi connectivity index (χ0n) is 17.5. The zero-order valence-corrected chi connectivity index (χ0v) is 17.5. The molecule has 0 aliphatic carbocycles. The Labute approximate surface area is 170 Å². The molecule has 0 fully saturated rings. The van der Waals surface area contributed by atoms with E-state index in [0.29, 0.717) is 23.6 Å². The number of allylic oxidation sites excluding steroid dienone is 4. The molecule has 3 rings (SSSR count). The van der Waals surface area contributed by atoms with Crippen molar-refractivity contribution < 1.29 is 14.3 Å². The molecular formula is C22H26N4O3. The van der Waals surface area contributed by atoms with E-state index in [4.69, 9.17) is 14.5 Å². The van der Waals surface area contributed by atoms with E-state index in [9.17, 15) is 4.79 Å². The van der Waals surface area contributed by atoms with E-state index in [1.807, 2.05) is 39.1 Å². The number of pyridine rings is 1. The van der Waals surface area contributed by atoms with Crippen molar-refractivity contribution in [2.45, 2.75) is 33.9 Å². The summed E-state index contributed by atoms with van der Waals surface area (Å²) >= 11 is 0. The molecule has 0 unspecified atom stereocenters. The van der Waals surface area contributed by atoms with E-state index in [-0.39, 0.29) is 5.91 Å². The van der Waals surface area contributed by atoms with Crippen LogP contribution < -0.4 is 4.90 Å². The van der Waals surface area contributed by atoms with Gasteiger partial charge in [-0.2, -0.15) is 5.10 Å². The molecule has 29 heavy (non-hydrogen) atoms. The lowest BCUT2D eigenvalue weighted by molar-refractivity contribution is 0.0996. The average molecular weight is 394 g/mol. The Morgan fingerprint density at radius 2 is 2.07 bits per heavy atom. The number of fused-ring (bicyclic) bond motifs is 1. The largest absolute Gasteiger partial charge is 0.501 e. The normalized spacial score (nSPS) is 14.2. The molecular weight excluding hydrogens is 368 g/mol. The van der Waals surface area contributed by atoms with Crippen molar-refractivity contribution >= 4 is 17.2 Å². The lowest BCUT2D eigenvalue weighted by Gasteiger charge is -2.12. The molecule has 1 amide bonds.